The normalized spacial score (nSPS) is 12.2. The van der Waals surface area contributed by atoms with Gasteiger partial charge in [0.15, 0.2) is 0 Å². The summed E-state index contributed by atoms with van der Waals surface area (Å²) >= 11 is 0. The highest BCUT2D eigenvalue weighted by Crippen LogP contribution is 1.99. The van der Waals surface area contributed by atoms with Crippen molar-refractivity contribution in [3.63, 3.8) is 0 Å². The van der Waals surface area contributed by atoms with Crippen LogP contribution in [0.1, 0.15) is 37.2 Å². The molecule has 0 saturated heterocycles. The van der Waals surface area contributed by atoms with Gasteiger partial charge in [0.25, 0.3) is 11.5 Å². The largest absolute Gasteiger partial charge is 0.396 e. The number of carbonyl (C=O) groups excluding carboxylic acids is 1. The van der Waals surface area contributed by atoms with E-state index in [0.29, 0.717) is 19.5 Å². The van der Waals surface area contributed by atoms with Crippen LogP contribution in [0.4, 0.5) is 0 Å². The number of aliphatic hydroxyl groups is 1. The van der Waals surface area contributed by atoms with E-state index >= 15 is 0 Å². The number of nitrogens with one attached hydrogen (secondary N) is 1. The van der Waals surface area contributed by atoms with Crippen molar-refractivity contribution in [3.05, 3.63) is 28.2 Å². The maximum Gasteiger partial charge on any atom is 0.271 e. The Hall–Kier alpha value is -1.69. The SMILES string of the molecule is CCCn1nc(C(=O)NCC(C)CCO)ccc1=O. The minimum absolute atomic E-state index is 0.108. The van der Waals surface area contributed by atoms with Gasteiger partial charge in [-0.2, -0.15) is 5.10 Å². The molecule has 106 valence electrons. The molecule has 0 bridgehead atoms. The molecule has 0 radical (unpaired) electrons. The summed E-state index contributed by atoms with van der Waals surface area (Å²) in [7, 11) is 0. The lowest BCUT2D eigenvalue weighted by atomic mass is 10.1. The third kappa shape index (κ3) is 4.82. The molecule has 0 aliphatic heterocycles. The summed E-state index contributed by atoms with van der Waals surface area (Å²) in [5.41, 5.74) is 0.0382. The van der Waals surface area contributed by atoms with Crippen LogP contribution in [0, 0.1) is 5.92 Å². The van der Waals surface area contributed by atoms with Gasteiger partial charge in [-0.15, -0.1) is 0 Å². The Balaban J connectivity index is 2.66. The molecular weight excluding hydrogens is 246 g/mol. The standard InChI is InChI=1S/C13H21N3O3/c1-3-7-16-12(18)5-4-11(15-16)13(19)14-9-10(2)6-8-17/h4-5,10,17H,3,6-9H2,1-2H3,(H,14,19). The maximum absolute atomic E-state index is 11.9. The summed E-state index contributed by atoms with van der Waals surface area (Å²) in [5, 5.41) is 15.6. The van der Waals surface area contributed by atoms with Crippen LogP contribution in [0.15, 0.2) is 16.9 Å². The lowest BCUT2D eigenvalue weighted by molar-refractivity contribution is 0.0938. The molecule has 0 saturated carbocycles. The van der Waals surface area contributed by atoms with Crippen molar-refractivity contribution in [2.45, 2.75) is 33.2 Å². The Morgan fingerprint density at radius 3 is 2.89 bits per heavy atom. The van der Waals surface area contributed by atoms with Gasteiger partial charge < -0.3 is 10.4 Å². The number of rotatable bonds is 7. The van der Waals surface area contributed by atoms with Crippen LogP contribution in [-0.2, 0) is 6.54 Å². The summed E-state index contributed by atoms with van der Waals surface area (Å²) in [6.45, 7) is 4.98. The van der Waals surface area contributed by atoms with E-state index in [-0.39, 0.29) is 29.7 Å². The molecule has 1 aromatic heterocycles. The molecule has 1 rings (SSSR count). The summed E-state index contributed by atoms with van der Waals surface area (Å²) in [5.74, 6) is -0.0925. The first-order chi connectivity index (χ1) is 9.08. The van der Waals surface area contributed by atoms with Crippen LogP contribution in [0.5, 0.6) is 0 Å². The topological polar surface area (TPSA) is 84.2 Å². The quantitative estimate of drug-likeness (QED) is 0.749. The van der Waals surface area contributed by atoms with Crippen molar-refractivity contribution in [2.75, 3.05) is 13.2 Å². The molecule has 0 aliphatic rings. The Labute approximate surface area is 112 Å². The molecule has 2 N–H and O–H groups in total. The molecule has 1 aromatic rings. The number of aryl methyl sites for hydroxylation is 1. The molecule has 0 aromatic carbocycles. The zero-order valence-corrected chi connectivity index (χ0v) is 11.4. The van der Waals surface area contributed by atoms with E-state index in [0.717, 1.165) is 6.42 Å². The summed E-state index contributed by atoms with van der Waals surface area (Å²) < 4.78 is 1.30. The monoisotopic (exact) mass is 267 g/mol. The van der Waals surface area contributed by atoms with Gasteiger partial charge in [-0.1, -0.05) is 13.8 Å². The van der Waals surface area contributed by atoms with Gasteiger partial charge in [0.05, 0.1) is 0 Å². The minimum atomic E-state index is -0.297. The second-order valence-electron chi connectivity index (χ2n) is 4.61. The molecule has 0 spiro atoms. The van der Waals surface area contributed by atoms with Crippen LogP contribution < -0.4 is 10.9 Å². The average Bonchev–Trinajstić information content (AvgIpc) is 2.39. The number of aliphatic hydroxyl groups excluding tert-OH is 1. The zero-order chi connectivity index (χ0) is 14.3. The summed E-state index contributed by atoms with van der Waals surface area (Å²) in [4.78, 5) is 23.3. The molecule has 0 aliphatic carbocycles. The second-order valence-corrected chi connectivity index (χ2v) is 4.61. The number of carbonyl (C=O) groups is 1. The molecular formula is C13H21N3O3. The molecule has 1 unspecified atom stereocenters. The van der Waals surface area contributed by atoms with E-state index in [9.17, 15) is 9.59 Å². The number of aromatic nitrogens is 2. The number of amides is 1. The van der Waals surface area contributed by atoms with Crippen LogP contribution in [0.25, 0.3) is 0 Å². The lowest BCUT2D eigenvalue weighted by Gasteiger charge is -2.11. The molecule has 1 heterocycles. The third-order valence-corrected chi connectivity index (χ3v) is 2.77. The van der Waals surface area contributed by atoms with E-state index < -0.39 is 0 Å². The first kappa shape index (κ1) is 15.4. The number of hydrogen-bond donors (Lipinski definition) is 2. The highest BCUT2D eigenvalue weighted by Gasteiger charge is 2.10. The molecule has 0 fully saturated rings. The summed E-state index contributed by atoms with van der Waals surface area (Å²) in [6.07, 6.45) is 1.43. The fourth-order valence-corrected chi connectivity index (χ4v) is 1.62. The lowest BCUT2D eigenvalue weighted by Crippen LogP contribution is -2.32. The Morgan fingerprint density at radius 2 is 2.26 bits per heavy atom. The van der Waals surface area contributed by atoms with Gasteiger partial charge in [0.1, 0.15) is 5.69 Å². The summed E-state index contributed by atoms with van der Waals surface area (Å²) in [6, 6.07) is 2.79. The van der Waals surface area contributed by atoms with Gasteiger partial charge in [-0.05, 0) is 24.8 Å². The van der Waals surface area contributed by atoms with Gasteiger partial charge in [-0.3, -0.25) is 9.59 Å². The van der Waals surface area contributed by atoms with Crippen molar-refractivity contribution in [3.8, 4) is 0 Å². The van der Waals surface area contributed by atoms with Crippen molar-refractivity contribution in [2.24, 2.45) is 5.92 Å². The first-order valence-electron chi connectivity index (χ1n) is 6.55. The van der Waals surface area contributed by atoms with Crippen LogP contribution >= 0.6 is 0 Å². The predicted molar refractivity (Wildman–Crippen MR) is 72.0 cm³/mol. The van der Waals surface area contributed by atoms with Gasteiger partial charge in [0.2, 0.25) is 0 Å². The van der Waals surface area contributed by atoms with E-state index in [1.54, 1.807) is 0 Å². The fraction of sp³-hybridized carbons (Fsp3) is 0.615. The van der Waals surface area contributed by atoms with Crippen molar-refractivity contribution >= 4 is 5.91 Å². The molecule has 1 amide bonds. The zero-order valence-electron chi connectivity index (χ0n) is 11.4. The van der Waals surface area contributed by atoms with Crippen molar-refractivity contribution in [1.29, 1.82) is 0 Å². The molecule has 1 atom stereocenters. The van der Waals surface area contributed by atoms with E-state index in [1.807, 2.05) is 13.8 Å². The van der Waals surface area contributed by atoms with E-state index in [1.165, 1.54) is 16.8 Å². The molecule has 6 nitrogen and oxygen atoms in total. The van der Waals surface area contributed by atoms with Gasteiger partial charge in [-0.25, -0.2) is 4.68 Å². The van der Waals surface area contributed by atoms with Crippen LogP contribution in [0.2, 0.25) is 0 Å². The maximum atomic E-state index is 11.9. The number of hydrogen-bond acceptors (Lipinski definition) is 4. The van der Waals surface area contributed by atoms with Crippen molar-refractivity contribution in [1.82, 2.24) is 15.1 Å². The Bertz CT molecular complexity index is 470. The third-order valence-electron chi connectivity index (χ3n) is 2.77. The van der Waals surface area contributed by atoms with Crippen LogP contribution in [-0.4, -0.2) is 33.9 Å². The van der Waals surface area contributed by atoms with Gasteiger partial charge in [0, 0.05) is 25.8 Å². The van der Waals surface area contributed by atoms with Crippen LogP contribution in [0.3, 0.4) is 0 Å². The highest BCUT2D eigenvalue weighted by atomic mass is 16.3. The second kappa shape index (κ2) is 7.68. The Morgan fingerprint density at radius 1 is 1.53 bits per heavy atom. The average molecular weight is 267 g/mol. The van der Waals surface area contributed by atoms with E-state index in [4.69, 9.17) is 5.11 Å². The minimum Gasteiger partial charge on any atom is -0.396 e. The van der Waals surface area contributed by atoms with Gasteiger partial charge >= 0.3 is 0 Å². The van der Waals surface area contributed by atoms with E-state index in [2.05, 4.69) is 10.4 Å². The Kier molecular flexibility index (Phi) is 6.21. The highest BCUT2D eigenvalue weighted by molar-refractivity contribution is 5.91. The predicted octanol–water partition coefficient (Wildman–Crippen LogP) is 0.402. The van der Waals surface area contributed by atoms with Crippen molar-refractivity contribution < 1.29 is 9.90 Å². The molecule has 6 heteroatoms. The molecule has 19 heavy (non-hydrogen) atoms. The smallest absolute Gasteiger partial charge is 0.271 e. The first-order valence-corrected chi connectivity index (χ1v) is 6.55. The fourth-order valence-electron chi connectivity index (χ4n) is 1.62. The number of nitrogens with zero attached hydrogens (tertiary/aromatic N) is 2.